The molecule has 0 saturated heterocycles. The van der Waals surface area contributed by atoms with Crippen molar-refractivity contribution in [3.05, 3.63) is 18.3 Å². The largest absolute Gasteiger partial charge is 0.502 e. The lowest BCUT2D eigenvalue weighted by Crippen LogP contribution is -2.34. The highest BCUT2D eigenvalue weighted by Gasteiger charge is 2.17. The van der Waals surface area contributed by atoms with Crippen LogP contribution in [0.2, 0.25) is 0 Å². The number of aromatic nitrogens is 1. The fraction of sp³-hybridized carbons (Fsp3) is 0.125. The highest BCUT2D eigenvalue weighted by molar-refractivity contribution is 5.91. The van der Waals surface area contributed by atoms with Crippen LogP contribution in [0, 0.1) is 0 Å². The molecule has 0 fully saturated rings. The van der Waals surface area contributed by atoms with Crippen molar-refractivity contribution in [2.45, 2.75) is 0 Å². The van der Waals surface area contributed by atoms with Crippen molar-refractivity contribution >= 4 is 23.7 Å². The summed E-state index contributed by atoms with van der Waals surface area (Å²) in [4.78, 5) is 20.9. The van der Waals surface area contributed by atoms with Crippen LogP contribution in [-0.4, -0.2) is 22.4 Å². The molecule has 0 aliphatic heterocycles. The first-order valence-electron chi connectivity index (χ1n) is 3.99. The normalized spacial score (nSPS) is 9.40. The van der Waals surface area contributed by atoms with Crippen molar-refractivity contribution in [2.75, 3.05) is 10.6 Å². The molecule has 0 unspecified atom stereocenters. The number of amides is 2. The van der Waals surface area contributed by atoms with E-state index in [2.05, 4.69) is 10.6 Å². The number of carbonyl (C=O) groups is 2. The Bertz CT molecular complexity index is 405. The summed E-state index contributed by atoms with van der Waals surface area (Å²) < 4.78 is 1.46. The number of hydrogen-bond acceptors (Lipinski definition) is 2. The molecule has 0 aliphatic carbocycles. The maximum Gasteiger partial charge on any atom is 0.502 e. The number of aryl methyl sites for hydroxylation is 1. The third-order valence-corrected chi connectivity index (χ3v) is 1.65. The van der Waals surface area contributed by atoms with Crippen LogP contribution in [0.5, 0.6) is 0 Å². The average molecular weight is 212 g/mol. The lowest BCUT2D eigenvalue weighted by molar-refractivity contribution is -0.656. The Balaban J connectivity index is 3.08. The van der Waals surface area contributed by atoms with Crippen LogP contribution in [0.3, 0.4) is 0 Å². The Kier molecular flexibility index (Phi) is 3.06. The van der Waals surface area contributed by atoms with E-state index in [4.69, 9.17) is 10.2 Å². The van der Waals surface area contributed by atoms with Crippen LogP contribution < -0.4 is 15.2 Å². The van der Waals surface area contributed by atoms with Gasteiger partial charge in [0.15, 0.2) is 0 Å². The second kappa shape index (κ2) is 4.27. The van der Waals surface area contributed by atoms with Crippen molar-refractivity contribution in [3.8, 4) is 0 Å². The smallest absolute Gasteiger partial charge is 0.465 e. The molecule has 0 saturated carbocycles. The Morgan fingerprint density at radius 2 is 1.87 bits per heavy atom. The maximum atomic E-state index is 10.5. The molecule has 2 amide bonds. The van der Waals surface area contributed by atoms with E-state index in [9.17, 15) is 9.59 Å². The third-order valence-electron chi connectivity index (χ3n) is 1.65. The number of nitrogens with zero attached hydrogens (tertiary/aromatic N) is 1. The number of anilines is 2. The molecule has 0 aromatic carbocycles. The van der Waals surface area contributed by atoms with E-state index in [1.165, 1.54) is 10.6 Å². The highest BCUT2D eigenvalue weighted by atomic mass is 16.4. The molecule has 1 heterocycles. The van der Waals surface area contributed by atoms with Gasteiger partial charge in [-0.05, 0) is 12.1 Å². The Morgan fingerprint density at radius 1 is 1.27 bits per heavy atom. The third kappa shape index (κ3) is 2.83. The lowest BCUT2D eigenvalue weighted by atomic mass is 10.3. The van der Waals surface area contributed by atoms with Crippen molar-refractivity contribution in [1.82, 2.24) is 0 Å². The number of carboxylic acid groups (broad SMARTS) is 2. The summed E-state index contributed by atoms with van der Waals surface area (Å²) >= 11 is 0. The number of hydrogen-bond donors (Lipinski definition) is 4. The molecule has 0 bridgehead atoms. The SMILES string of the molecule is C[n+]1cccc(NC(=O)O)c1NC(=O)O. The van der Waals surface area contributed by atoms with E-state index in [0.29, 0.717) is 0 Å². The molecule has 1 aromatic heterocycles. The Labute approximate surface area is 85.0 Å². The van der Waals surface area contributed by atoms with E-state index in [-0.39, 0.29) is 11.5 Å². The first kappa shape index (κ1) is 10.8. The predicted octanol–water partition coefficient (Wildman–Crippen LogP) is 0.691. The standard InChI is InChI=1S/C8H9N3O4/c1-11-4-2-3-5(9-7(12)13)6(11)10-8(14)15/h2-4,9H,1H3,(H2,12,13,14,15)/p+1. The summed E-state index contributed by atoms with van der Waals surface area (Å²) in [6.45, 7) is 0. The van der Waals surface area contributed by atoms with Gasteiger partial charge in [0.2, 0.25) is 0 Å². The zero-order valence-corrected chi connectivity index (χ0v) is 7.89. The fourth-order valence-corrected chi connectivity index (χ4v) is 1.08. The number of rotatable bonds is 2. The first-order valence-corrected chi connectivity index (χ1v) is 3.99. The van der Waals surface area contributed by atoms with Gasteiger partial charge in [0.05, 0.1) is 13.2 Å². The molecule has 80 valence electrons. The zero-order chi connectivity index (χ0) is 11.4. The van der Waals surface area contributed by atoms with E-state index < -0.39 is 12.2 Å². The summed E-state index contributed by atoms with van der Waals surface area (Å²) in [7, 11) is 1.60. The average Bonchev–Trinajstić information content (AvgIpc) is 2.09. The molecule has 0 spiro atoms. The maximum absolute atomic E-state index is 10.5. The van der Waals surface area contributed by atoms with Crippen molar-refractivity contribution in [3.63, 3.8) is 0 Å². The fourth-order valence-electron chi connectivity index (χ4n) is 1.08. The van der Waals surface area contributed by atoms with E-state index in [1.807, 2.05) is 0 Å². The van der Waals surface area contributed by atoms with Gasteiger partial charge in [-0.1, -0.05) is 0 Å². The highest BCUT2D eigenvalue weighted by Crippen LogP contribution is 2.15. The van der Waals surface area contributed by atoms with Gasteiger partial charge in [-0.2, -0.15) is 10.1 Å². The molecule has 0 aliphatic rings. The molecule has 7 nitrogen and oxygen atoms in total. The minimum atomic E-state index is -1.26. The summed E-state index contributed by atoms with van der Waals surface area (Å²) in [5.41, 5.74) is 0.176. The Morgan fingerprint density at radius 3 is 2.40 bits per heavy atom. The Hall–Kier alpha value is -2.31. The van der Waals surface area contributed by atoms with Crippen molar-refractivity contribution in [2.24, 2.45) is 7.05 Å². The predicted molar refractivity (Wildman–Crippen MR) is 50.9 cm³/mol. The number of pyridine rings is 1. The van der Waals surface area contributed by atoms with Gasteiger partial charge in [-0.3, -0.25) is 5.32 Å². The van der Waals surface area contributed by atoms with Gasteiger partial charge in [0.25, 0.3) is 0 Å². The van der Waals surface area contributed by atoms with E-state index in [0.717, 1.165) is 0 Å². The molecule has 7 heteroatoms. The van der Waals surface area contributed by atoms with Gasteiger partial charge in [-0.15, -0.1) is 0 Å². The molecule has 0 radical (unpaired) electrons. The molecule has 0 atom stereocenters. The van der Waals surface area contributed by atoms with Crippen LogP contribution in [0.15, 0.2) is 18.3 Å². The topological polar surface area (TPSA) is 103 Å². The minimum absolute atomic E-state index is 0.160. The van der Waals surface area contributed by atoms with Crippen LogP contribution >= 0.6 is 0 Å². The van der Waals surface area contributed by atoms with Crippen LogP contribution in [0.25, 0.3) is 0 Å². The molecule has 1 rings (SSSR count). The van der Waals surface area contributed by atoms with Crippen LogP contribution in [0.4, 0.5) is 21.1 Å². The molecular formula is C8H10N3O4+. The van der Waals surface area contributed by atoms with Gasteiger partial charge in [-0.25, -0.2) is 9.36 Å². The van der Waals surface area contributed by atoms with Crippen LogP contribution in [-0.2, 0) is 7.05 Å². The molecule has 1 aromatic rings. The van der Waals surface area contributed by atoms with Gasteiger partial charge >= 0.3 is 18.0 Å². The zero-order valence-electron chi connectivity index (χ0n) is 7.89. The second-order valence-electron chi connectivity index (χ2n) is 2.74. The van der Waals surface area contributed by atoms with Crippen LogP contribution in [0.1, 0.15) is 0 Å². The van der Waals surface area contributed by atoms with Crippen molar-refractivity contribution < 1.29 is 24.4 Å². The quantitative estimate of drug-likeness (QED) is 0.541. The van der Waals surface area contributed by atoms with E-state index in [1.54, 1.807) is 19.3 Å². The summed E-state index contributed by atoms with van der Waals surface area (Å²) in [5.74, 6) is 0.160. The molecule has 4 N–H and O–H groups in total. The first-order chi connectivity index (χ1) is 7.00. The summed E-state index contributed by atoms with van der Waals surface area (Å²) in [6.07, 6.45) is -0.918. The summed E-state index contributed by atoms with van der Waals surface area (Å²) in [6, 6.07) is 3.05. The minimum Gasteiger partial charge on any atom is -0.465 e. The molecular weight excluding hydrogens is 202 g/mol. The van der Waals surface area contributed by atoms with Gasteiger partial charge < -0.3 is 10.2 Å². The van der Waals surface area contributed by atoms with Crippen molar-refractivity contribution in [1.29, 1.82) is 0 Å². The monoisotopic (exact) mass is 212 g/mol. The number of nitrogens with one attached hydrogen (secondary N) is 2. The van der Waals surface area contributed by atoms with Gasteiger partial charge in [0, 0.05) is 0 Å². The molecule has 15 heavy (non-hydrogen) atoms. The lowest BCUT2D eigenvalue weighted by Gasteiger charge is -2.05. The summed E-state index contributed by atoms with van der Waals surface area (Å²) in [5, 5.41) is 21.3. The second-order valence-corrected chi connectivity index (χ2v) is 2.74. The van der Waals surface area contributed by atoms with E-state index >= 15 is 0 Å². The van der Waals surface area contributed by atoms with Gasteiger partial charge in [0.1, 0.15) is 5.69 Å².